The highest BCUT2D eigenvalue weighted by atomic mass is 16.4. The smallest absolute Gasteiger partial charge is 0.306 e. The largest absolute Gasteiger partial charge is 0.481 e. The molecule has 0 spiro atoms. The van der Waals surface area contributed by atoms with Crippen LogP contribution in [-0.2, 0) is 9.59 Å². The summed E-state index contributed by atoms with van der Waals surface area (Å²) < 4.78 is 0. The number of aliphatic carboxylic acids is 1. The monoisotopic (exact) mass is 268 g/mol. The van der Waals surface area contributed by atoms with E-state index in [2.05, 4.69) is 10.6 Å². The Bertz CT molecular complexity index is 327. The van der Waals surface area contributed by atoms with E-state index in [9.17, 15) is 9.59 Å². The first kappa shape index (κ1) is 14.3. The molecule has 0 radical (unpaired) electrons. The highest BCUT2D eigenvalue weighted by Gasteiger charge is 2.30. The van der Waals surface area contributed by atoms with Crippen molar-refractivity contribution in [3.8, 4) is 0 Å². The zero-order valence-electron chi connectivity index (χ0n) is 11.4. The highest BCUT2D eigenvalue weighted by molar-refractivity contribution is 5.76. The van der Waals surface area contributed by atoms with Crippen LogP contribution in [0.2, 0.25) is 0 Å². The summed E-state index contributed by atoms with van der Waals surface area (Å²) in [5.41, 5.74) is 0. The summed E-state index contributed by atoms with van der Waals surface area (Å²) in [6.07, 6.45) is 6.00. The molecule has 1 aliphatic heterocycles. The zero-order valence-corrected chi connectivity index (χ0v) is 11.4. The molecule has 1 amide bonds. The molecular weight excluding hydrogens is 244 g/mol. The van der Waals surface area contributed by atoms with Crippen LogP contribution < -0.4 is 10.6 Å². The van der Waals surface area contributed by atoms with E-state index >= 15 is 0 Å². The van der Waals surface area contributed by atoms with Crippen LogP contribution in [0.1, 0.15) is 44.9 Å². The molecule has 0 bridgehead atoms. The molecule has 3 N–H and O–H groups in total. The van der Waals surface area contributed by atoms with E-state index in [1.165, 1.54) is 12.8 Å². The molecule has 5 nitrogen and oxygen atoms in total. The molecule has 1 saturated carbocycles. The predicted molar refractivity (Wildman–Crippen MR) is 71.7 cm³/mol. The topological polar surface area (TPSA) is 78.4 Å². The van der Waals surface area contributed by atoms with Crippen LogP contribution in [0, 0.1) is 11.8 Å². The lowest BCUT2D eigenvalue weighted by atomic mass is 9.94. The molecule has 108 valence electrons. The van der Waals surface area contributed by atoms with E-state index in [0.29, 0.717) is 25.2 Å². The summed E-state index contributed by atoms with van der Waals surface area (Å²) in [5.74, 6) is -0.297. The number of nitrogens with one attached hydrogen (secondary N) is 2. The van der Waals surface area contributed by atoms with Crippen molar-refractivity contribution in [2.45, 2.75) is 51.0 Å². The van der Waals surface area contributed by atoms with Crippen molar-refractivity contribution in [2.75, 3.05) is 13.1 Å². The molecular formula is C14H24N2O3. The first-order valence-electron chi connectivity index (χ1n) is 7.38. The van der Waals surface area contributed by atoms with E-state index in [0.717, 1.165) is 25.9 Å². The molecule has 0 aromatic rings. The Hall–Kier alpha value is -1.10. The molecule has 1 heterocycles. The van der Waals surface area contributed by atoms with Gasteiger partial charge in [-0.2, -0.15) is 0 Å². The van der Waals surface area contributed by atoms with Gasteiger partial charge in [0.25, 0.3) is 0 Å². The van der Waals surface area contributed by atoms with Gasteiger partial charge in [0.05, 0.1) is 5.92 Å². The number of piperidine rings is 1. The second kappa shape index (κ2) is 6.89. The van der Waals surface area contributed by atoms with Crippen molar-refractivity contribution < 1.29 is 14.7 Å². The maximum absolute atomic E-state index is 11.8. The van der Waals surface area contributed by atoms with Gasteiger partial charge in [-0.05, 0) is 57.5 Å². The van der Waals surface area contributed by atoms with Crippen LogP contribution in [0.15, 0.2) is 0 Å². The maximum atomic E-state index is 11.8. The van der Waals surface area contributed by atoms with Crippen molar-refractivity contribution >= 4 is 11.9 Å². The lowest BCUT2D eigenvalue weighted by Crippen LogP contribution is -2.35. The molecule has 3 unspecified atom stereocenters. The summed E-state index contributed by atoms with van der Waals surface area (Å²) >= 11 is 0. The van der Waals surface area contributed by atoms with Gasteiger partial charge < -0.3 is 15.7 Å². The minimum Gasteiger partial charge on any atom is -0.481 e. The Morgan fingerprint density at radius 1 is 1.26 bits per heavy atom. The van der Waals surface area contributed by atoms with Crippen molar-refractivity contribution in [3.05, 3.63) is 0 Å². The van der Waals surface area contributed by atoms with E-state index in [1.54, 1.807) is 0 Å². The number of amides is 1. The summed E-state index contributed by atoms with van der Waals surface area (Å²) in [4.78, 5) is 22.7. The third-order valence-corrected chi connectivity index (χ3v) is 4.33. The Labute approximate surface area is 114 Å². The summed E-state index contributed by atoms with van der Waals surface area (Å²) in [5, 5.41) is 15.3. The minimum atomic E-state index is -0.731. The number of hydrogen-bond donors (Lipinski definition) is 3. The fourth-order valence-electron chi connectivity index (χ4n) is 3.14. The molecule has 1 aliphatic carbocycles. The van der Waals surface area contributed by atoms with Crippen LogP contribution in [-0.4, -0.2) is 36.1 Å². The molecule has 0 aromatic heterocycles. The first-order chi connectivity index (χ1) is 9.15. The summed E-state index contributed by atoms with van der Waals surface area (Å²) in [7, 11) is 0. The van der Waals surface area contributed by atoms with E-state index < -0.39 is 5.97 Å². The van der Waals surface area contributed by atoms with Gasteiger partial charge in [0, 0.05) is 12.5 Å². The Morgan fingerprint density at radius 2 is 2.11 bits per heavy atom. The third kappa shape index (κ3) is 4.49. The number of carbonyl (C=O) groups is 2. The van der Waals surface area contributed by atoms with Crippen LogP contribution in [0.3, 0.4) is 0 Å². The van der Waals surface area contributed by atoms with E-state index in [1.807, 2.05) is 0 Å². The quantitative estimate of drug-likeness (QED) is 0.698. The fraction of sp³-hybridized carbons (Fsp3) is 0.857. The molecule has 0 aromatic carbocycles. The average Bonchev–Trinajstić information content (AvgIpc) is 2.86. The highest BCUT2D eigenvalue weighted by Crippen LogP contribution is 2.25. The van der Waals surface area contributed by atoms with Crippen LogP contribution in [0.25, 0.3) is 0 Å². The van der Waals surface area contributed by atoms with Gasteiger partial charge in [-0.1, -0.05) is 0 Å². The van der Waals surface area contributed by atoms with Crippen molar-refractivity contribution in [1.82, 2.24) is 10.6 Å². The summed E-state index contributed by atoms with van der Waals surface area (Å²) in [6, 6.07) is 0.0677. The maximum Gasteiger partial charge on any atom is 0.306 e. The lowest BCUT2D eigenvalue weighted by molar-refractivity contribution is -0.141. The second-order valence-electron chi connectivity index (χ2n) is 5.86. The van der Waals surface area contributed by atoms with Gasteiger partial charge >= 0.3 is 5.97 Å². The van der Waals surface area contributed by atoms with E-state index in [4.69, 9.17) is 5.11 Å². The molecule has 2 fully saturated rings. The SMILES string of the molecule is O=C(CCC1CCCNC1)NC1CCC(C(=O)O)C1. The molecule has 2 aliphatic rings. The van der Waals surface area contributed by atoms with Crippen molar-refractivity contribution in [2.24, 2.45) is 11.8 Å². The zero-order chi connectivity index (χ0) is 13.7. The molecule has 2 rings (SSSR count). The molecule has 3 atom stereocenters. The number of carboxylic acids is 1. The van der Waals surface area contributed by atoms with Gasteiger partial charge in [-0.3, -0.25) is 9.59 Å². The first-order valence-corrected chi connectivity index (χ1v) is 7.38. The van der Waals surface area contributed by atoms with E-state index in [-0.39, 0.29) is 17.9 Å². The van der Waals surface area contributed by atoms with Crippen LogP contribution >= 0.6 is 0 Å². The summed E-state index contributed by atoms with van der Waals surface area (Å²) in [6.45, 7) is 2.12. The van der Waals surface area contributed by atoms with Gasteiger partial charge in [-0.15, -0.1) is 0 Å². The van der Waals surface area contributed by atoms with Crippen molar-refractivity contribution in [3.63, 3.8) is 0 Å². The molecule has 5 heteroatoms. The second-order valence-corrected chi connectivity index (χ2v) is 5.86. The number of carbonyl (C=O) groups excluding carboxylic acids is 1. The van der Waals surface area contributed by atoms with Crippen LogP contribution in [0.5, 0.6) is 0 Å². The Balaban J connectivity index is 1.63. The standard InChI is InChI=1S/C14H24N2O3/c17-13(6-3-10-2-1-7-15-9-10)16-12-5-4-11(8-12)14(18)19/h10-12,15H,1-9H2,(H,16,17)(H,18,19). The average molecular weight is 268 g/mol. The fourth-order valence-corrected chi connectivity index (χ4v) is 3.14. The third-order valence-electron chi connectivity index (χ3n) is 4.33. The Kier molecular flexibility index (Phi) is 5.19. The minimum absolute atomic E-state index is 0.0677. The number of carboxylic acid groups (broad SMARTS) is 1. The normalized spacial score (nSPS) is 31.1. The molecule has 19 heavy (non-hydrogen) atoms. The lowest BCUT2D eigenvalue weighted by Gasteiger charge is -2.22. The van der Waals surface area contributed by atoms with Gasteiger partial charge in [-0.25, -0.2) is 0 Å². The number of hydrogen-bond acceptors (Lipinski definition) is 3. The Morgan fingerprint density at radius 3 is 2.74 bits per heavy atom. The van der Waals surface area contributed by atoms with Crippen molar-refractivity contribution in [1.29, 1.82) is 0 Å². The van der Waals surface area contributed by atoms with Gasteiger partial charge in [0.2, 0.25) is 5.91 Å². The van der Waals surface area contributed by atoms with Gasteiger partial charge in [0.1, 0.15) is 0 Å². The van der Waals surface area contributed by atoms with Crippen LogP contribution in [0.4, 0.5) is 0 Å². The van der Waals surface area contributed by atoms with Gasteiger partial charge in [0.15, 0.2) is 0 Å². The molecule has 1 saturated heterocycles. The predicted octanol–water partition coefficient (Wildman–Crippen LogP) is 1.14. The number of rotatable bonds is 5.